The van der Waals surface area contributed by atoms with Crippen molar-refractivity contribution in [1.29, 1.82) is 0 Å². The highest BCUT2D eigenvalue weighted by Gasteiger charge is 2.20. The van der Waals surface area contributed by atoms with E-state index >= 15 is 0 Å². The standard InChI is InChI=1S/C12H14N2O4/c1-7(15)6-9-13-11(12(17)18-2)8-4-3-5-10(16)14(8)9/h3-5,7,15-16H,6H2,1-2H3. The third kappa shape index (κ3) is 2.02. The van der Waals surface area contributed by atoms with Gasteiger partial charge in [-0.15, -0.1) is 0 Å². The Hall–Kier alpha value is -2.08. The van der Waals surface area contributed by atoms with Crippen LogP contribution in [0, 0.1) is 0 Å². The summed E-state index contributed by atoms with van der Waals surface area (Å²) in [7, 11) is 1.27. The lowest BCUT2D eigenvalue weighted by Crippen LogP contribution is -2.08. The van der Waals surface area contributed by atoms with E-state index < -0.39 is 12.1 Å². The maximum atomic E-state index is 11.6. The van der Waals surface area contributed by atoms with Gasteiger partial charge >= 0.3 is 5.97 Å². The van der Waals surface area contributed by atoms with Crippen molar-refractivity contribution < 1.29 is 19.7 Å². The van der Waals surface area contributed by atoms with Gasteiger partial charge in [-0.2, -0.15) is 0 Å². The van der Waals surface area contributed by atoms with E-state index in [1.54, 1.807) is 19.1 Å². The van der Waals surface area contributed by atoms with Gasteiger partial charge in [0.05, 0.1) is 18.7 Å². The summed E-state index contributed by atoms with van der Waals surface area (Å²) in [5.74, 6) is -0.195. The second-order valence-electron chi connectivity index (χ2n) is 4.03. The number of imidazole rings is 1. The van der Waals surface area contributed by atoms with Crippen LogP contribution in [-0.2, 0) is 11.2 Å². The zero-order valence-corrected chi connectivity index (χ0v) is 10.1. The molecule has 0 spiro atoms. The molecule has 0 radical (unpaired) electrons. The molecule has 1 atom stereocenters. The van der Waals surface area contributed by atoms with Crippen LogP contribution in [0.5, 0.6) is 5.88 Å². The van der Waals surface area contributed by atoms with Crippen LogP contribution in [0.2, 0.25) is 0 Å². The first-order valence-corrected chi connectivity index (χ1v) is 5.50. The molecule has 0 aliphatic rings. The second kappa shape index (κ2) is 4.66. The topological polar surface area (TPSA) is 84.1 Å². The summed E-state index contributed by atoms with van der Waals surface area (Å²) in [5.41, 5.74) is 0.585. The van der Waals surface area contributed by atoms with Gasteiger partial charge in [0.2, 0.25) is 0 Å². The highest BCUT2D eigenvalue weighted by Crippen LogP contribution is 2.21. The van der Waals surface area contributed by atoms with Crippen LogP contribution < -0.4 is 0 Å². The van der Waals surface area contributed by atoms with Crippen LogP contribution in [-0.4, -0.2) is 38.8 Å². The SMILES string of the molecule is COC(=O)c1nc(CC(C)O)n2c(O)cccc12. The molecular weight excluding hydrogens is 236 g/mol. The van der Waals surface area contributed by atoms with Crippen LogP contribution in [0.1, 0.15) is 23.2 Å². The molecule has 0 aliphatic carbocycles. The number of rotatable bonds is 3. The Kier molecular flexibility index (Phi) is 3.20. The lowest BCUT2D eigenvalue weighted by atomic mass is 10.3. The number of pyridine rings is 1. The van der Waals surface area contributed by atoms with Gasteiger partial charge in [0.1, 0.15) is 5.82 Å². The van der Waals surface area contributed by atoms with E-state index in [4.69, 9.17) is 0 Å². The molecule has 2 aromatic rings. The molecule has 2 N–H and O–H groups in total. The van der Waals surface area contributed by atoms with E-state index in [1.807, 2.05) is 0 Å². The smallest absolute Gasteiger partial charge is 0.358 e. The zero-order chi connectivity index (χ0) is 13.3. The maximum absolute atomic E-state index is 11.6. The number of fused-ring (bicyclic) bond motifs is 1. The number of esters is 1. The number of nitrogens with zero attached hydrogens (tertiary/aromatic N) is 2. The first-order chi connectivity index (χ1) is 8.54. The molecule has 0 aromatic carbocycles. The minimum atomic E-state index is -0.624. The normalized spacial score (nSPS) is 12.6. The van der Waals surface area contributed by atoms with Crippen molar-refractivity contribution in [2.24, 2.45) is 0 Å². The Morgan fingerprint density at radius 3 is 2.89 bits per heavy atom. The average Bonchev–Trinajstić information content (AvgIpc) is 2.68. The molecule has 0 amide bonds. The summed E-state index contributed by atoms with van der Waals surface area (Å²) in [5, 5.41) is 19.2. The number of carbonyl (C=O) groups is 1. The molecule has 6 heteroatoms. The van der Waals surface area contributed by atoms with E-state index in [1.165, 1.54) is 17.6 Å². The Balaban J connectivity index is 2.67. The van der Waals surface area contributed by atoms with Crippen LogP contribution >= 0.6 is 0 Å². The summed E-state index contributed by atoms with van der Waals surface area (Å²) in [4.78, 5) is 15.7. The third-order valence-electron chi connectivity index (χ3n) is 2.57. The number of aromatic hydroxyl groups is 1. The molecule has 0 saturated carbocycles. The molecule has 6 nitrogen and oxygen atoms in total. The van der Waals surface area contributed by atoms with E-state index in [0.29, 0.717) is 11.3 Å². The quantitative estimate of drug-likeness (QED) is 0.785. The predicted octanol–water partition coefficient (Wildman–Crippen LogP) is 0.750. The molecule has 2 rings (SSSR count). The second-order valence-corrected chi connectivity index (χ2v) is 4.03. The van der Waals surface area contributed by atoms with Crippen molar-refractivity contribution in [2.75, 3.05) is 7.11 Å². The summed E-state index contributed by atoms with van der Waals surface area (Å²) in [6, 6.07) is 4.76. The molecule has 1 unspecified atom stereocenters. The van der Waals surface area contributed by atoms with Gasteiger partial charge in [0.25, 0.3) is 0 Å². The molecule has 0 saturated heterocycles. The largest absolute Gasteiger partial charge is 0.494 e. The lowest BCUT2D eigenvalue weighted by molar-refractivity contribution is 0.0596. The predicted molar refractivity (Wildman–Crippen MR) is 63.6 cm³/mol. The maximum Gasteiger partial charge on any atom is 0.358 e. The first kappa shape index (κ1) is 12.4. The summed E-state index contributed by atoms with van der Waals surface area (Å²) in [6.45, 7) is 1.61. The zero-order valence-electron chi connectivity index (χ0n) is 10.1. The Labute approximate surface area is 103 Å². The number of aliphatic hydroxyl groups excluding tert-OH is 1. The van der Waals surface area contributed by atoms with Gasteiger partial charge in [0, 0.05) is 6.42 Å². The average molecular weight is 250 g/mol. The summed E-state index contributed by atoms with van der Waals surface area (Å²) >= 11 is 0. The van der Waals surface area contributed by atoms with E-state index in [2.05, 4.69) is 9.72 Å². The highest BCUT2D eigenvalue weighted by atomic mass is 16.5. The molecule has 0 bridgehead atoms. The number of ether oxygens (including phenoxy) is 1. The minimum Gasteiger partial charge on any atom is -0.494 e. The number of aromatic nitrogens is 2. The van der Waals surface area contributed by atoms with Crippen molar-refractivity contribution in [2.45, 2.75) is 19.4 Å². The van der Waals surface area contributed by atoms with Gasteiger partial charge in [-0.05, 0) is 19.1 Å². The third-order valence-corrected chi connectivity index (χ3v) is 2.57. The number of aliphatic hydroxyl groups is 1. The first-order valence-electron chi connectivity index (χ1n) is 5.50. The molecule has 2 aromatic heterocycles. The number of carbonyl (C=O) groups excluding carboxylic acids is 1. The van der Waals surface area contributed by atoms with Crippen molar-refractivity contribution >= 4 is 11.5 Å². The minimum absolute atomic E-state index is 0.0363. The molecule has 0 fully saturated rings. The van der Waals surface area contributed by atoms with Crippen molar-refractivity contribution in [3.63, 3.8) is 0 Å². The van der Waals surface area contributed by atoms with Crippen LogP contribution in [0.4, 0.5) is 0 Å². The Morgan fingerprint density at radius 1 is 1.56 bits per heavy atom. The van der Waals surface area contributed by atoms with Crippen molar-refractivity contribution in [3.8, 4) is 5.88 Å². The lowest BCUT2D eigenvalue weighted by Gasteiger charge is -2.04. The molecule has 2 heterocycles. The highest BCUT2D eigenvalue weighted by molar-refractivity contribution is 5.95. The molecule has 96 valence electrons. The number of hydrogen-bond donors (Lipinski definition) is 2. The van der Waals surface area contributed by atoms with E-state index in [0.717, 1.165) is 0 Å². The number of methoxy groups -OCH3 is 1. The van der Waals surface area contributed by atoms with Gasteiger partial charge in [0.15, 0.2) is 11.6 Å². The number of hydrogen-bond acceptors (Lipinski definition) is 5. The van der Waals surface area contributed by atoms with Gasteiger partial charge < -0.3 is 14.9 Å². The Morgan fingerprint density at radius 2 is 2.28 bits per heavy atom. The summed E-state index contributed by atoms with van der Waals surface area (Å²) < 4.78 is 6.07. The monoisotopic (exact) mass is 250 g/mol. The van der Waals surface area contributed by atoms with E-state index in [9.17, 15) is 15.0 Å². The van der Waals surface area contributed by atoms with Crippen molar-refractivity contribution in [1.82, 2.24) is 9.38 Å². The molecule has 0 aliphatic heterocycles. The summed E-state index contributed by atoms with van der Waals surface area (Å²) in [6.07, 6.45) is -0.392. The van der Waals surface area contributed by atoms with Gasteiger partial charge in [-0.3, -0.25) is 4.40 Å². The fourth-order valence-corrected chi connectivity index (χ4v) is 1.84. The molecule has 18 heavy (non-hydrogen) atoms. The van der Waals surface area contributed by atoms with Gasteiger partial charge in [-0.1, -0.05) is 6.07 Å². The van der Waals surface area contributed by atoms with Gasteiger partial charge in [-0.25, -0.2) is 9.78 Å². The fourth-order valence-electron chi connectivity index (χ4n) is 1.84. The fraction of sp³-hybridized carbons (Fsp3) is 0.333. The Bertz CT molecular complexity index is 589. The van der Waals surface area contributed by atoms with Crippen LogP contribution in [0.15, 0.2) is 18.2 Å². The van der Waals surface area contributed by atoms with Crippen LogP contribution in [0.25, 0.3) is 5.52 Å². The van der Waals surface area contributed by atoms with Crippen LogP contribution in [0.3, 0.4) is 0 Å². The van der Waals surface area contributed by atoms with Crippen molar-refractivity contribution in [3.05, 3.63) is 29.7 Å². The molecular formula is C12H14N2O4. The van der Waals surface area contributed by atoms with E-state index in [-0.39, 0.29) is 18.0 Å².